The predicted octanol–water partition coefficient (Wildman–Crippen LogP) is 4.70. The Bertz CT molecular complexity index is 1040. The predicted molar refractivity (Wildman–Crippen MR) is 102 cm³/mol. The zero-order valence-electron chi connectivity index (χ0n) is 14.1. The summed E-state index contributed by atoms with van der Waals surface area (Å²) in [6.07, 6.45) is 1.61. The fourth-order valence-corrected chi connectivity index (χ4v) is 3.38. The number of hydrogen-bond donors (Lipinski definition) is 1. The molecule has 1 aliphatic heterocycles. The van der Waals surface area contributed by atoms with Gasteiger partial charge in [0.2, 0.25) is 0 Å². The fourth-order valence-electron chi connectivity index (χ4n) is 2.58. The van der Waals surface area contributed by atoms with E-state index >= 15 is 0 Å². The number of allylic oxidation sites excluding steroid dienone is 1. The minimum Gasteiger partial charge on any atom is -0.486 e. The van der Waals surface area contributed by atoms with E-state index < -0.39 is 0 Å². The normalized spacial score (nSPS) is 13.1. The van der Waals surface area contributed by atoms with Gasteiger partial charge in [-0.15, -0.1) is 11.3 Å². The first-order valence-corrected chi connectivity index (χ1v) is 9.09. The summed E-state index contributed by atoms with van der Waals surface area (Å²) in [7, 11) is 0. The lowest BCUT2D eigenvalue weighted by Crippen LogP contribution is -2.15. The quantitative estimate of drug-likeness (QED) is 0.666. The summed E-state index contributed by atoms with van der Waals surface area (Å²) in [6.45, 7) is 1.06. The number of fused-ring (bicyclic) bond motifs is 1. The van der Waals surface area contributed by atoms with E-state index in [0.29, 0.717) is 41.0 Å². The molecule has 0 spiro atoms. The van der Waals surface area contributed by atoms with Gasteiger partial charge in [-0.25, -0.2) is 9.37 Å². The van der Waals surface area contributed by atoms with Crippen LogP contribution in [0.1, 0.15) is 5.01 Å². The molecule has 27 heavy (non-hydrogen) atoms. The molecule has 0 saturated carbocycles. The molecule has 3 aromatic rings. The zero-order chi connectivity index (χ0) is 18.6. The highest BCUT2D eigenvalue weighted by Gasteiger charge is 2.12. The third-order valence-electron chi connectivity index (χ3n) is 3.92. The van der Waals surface area contributed by atoms with E-state index in [1.807, 2.05) is 23.6 Å². The molecule has 4 rings (SSSR count). The lowest BCUT2D eigenvalue weighted by molar-refractivity contribution is 0.171. The van der Waals surface area contributed by atoms with E-state index in [1.165, 1.54) is 23.5 Å². The molecule has 1 aliphatic rings. The highest BCUT2D eigenvalue weighted by molar-refractivity contribution is 7.11. The summed E-state index contributed by atoms with van der Waals surface area (Å²) in [5.41, 5.74) is 2.69. The van der Waals surface area contributed by atoms with Gasteiger partial charge in [-0.3, -0.25) is 0 Å². The third kappa shape index (κ3) is 3.76. The first-order chi connectivity index (χ1) is 13.2. The Morgan fingerprint density at radius 3 is 2.70 bits per heavy atom. The lowest BCUT2D eigenvalue weighted by Gasteiger charge is -2.18. The van der Waals surface area contributed by atoms with Gasteiger partial charge in [0.15, 0.2) is 11.5 Å². The Balaban J connectivity index is 1.54. The Kier molecular flexibility index (Phi) is 4.73. The van der Waals surface area contributed by atoms with Gasteiger partial charge in [0, 0.05) is 28.9 Å². The number of ether oxygens (including phenoxy) is 2. The molecule has 0 radical (unpaired) electrons. The Morgan fingerprint density at radius 2 is 1.93 bits per heavy atom. The number of hydrogen-bond acceptors (Lipinski definition) is 6. The smallest absolute Gasteiger partial charge is 0.163 e. The summed E-state index contributed by atoms with van der Waals surface area (Å²) in [4.78, 5) is 4.48. The largest absolute Gasteiger partial charge is 0.486 e. The maximum atomic E-state index is 13.1. The van der Waals surface area contributed by atoms with E-state index in [4.69, 9.17) is 9.47 Å². The number of rotatable bonds is 4. The van der Waals surface area contributed by atoms with E-state index in [-0.39, 0.29) is 5.82 Å². The van der Waals surface area contributed by atoms with Gasteiger partial charge in [-0.1, -0.05) is 0 Å². The number of benzene rings is 2. The van der Waals surface area contributed by atoms with Crippen molar-refractivity contribution in [3.63, 3.8) is 0 Å². The molecule has 0 aliphatic carbocycles. The van der Waals surface area contributed by atoms with Crippen LogP contribution < -0.4 is 14.8 Å². The molecule has 0 saturated heterocycles. The van der Waals surface area contributed by atoms with Crippen molar-refractivity contribution in [2.45, 2.75) is 0 Å². The van der Waals surface area contributed by atoms with Crippen LogP contribution in [-0.4, -0.2) is 18.2 Å². The lowest BCUT2D eigenvalue weighted by atomic mass is 10.2. The van der Waals surface area contributed by atoms with Gasteiger partial charge in [0.05, 0.1) is 5.69 Å². The Morgan fingerprint density at radius 1 is 1.15 bits per heavy atom. The van der Waals surface area contributed by atoms with Crippen LogP contribution in [0.4, 0.5) is 10.1 Å². The van der Waals surface area contributed by atoms with Gasteiger partial charge in [-0.05, 0) is 36.4 Å². The van der Waals surface area contributed by atoms with Gasteiger partial charge < -0.3 is 14.8 Å². The molecular formula is C20H14FN3O2S. The van der Waals surface area contributed by atoms with Crippen molar-refractivity contribution >= 4 is 22.6 Å². The minimum atomic E-state index is -0.296. The molecule has 0 fully saturated rings. The average molecular weight is 379 g/mol. The second kappa shape index (κ2) is 7.48. The van der Waals surface area contributed by atoms with Crippen LogP contribution in [-0.2, 0) is 0 Å². The topological polar surface area (TPSA) is 67.2 Å². The summed E-state index contributed by atoms with van der Waals surface area (Å²) < 4.78 is 24.1. The van der Waals surface area contributed by atoms with E-state index in [9.17, 15) is 9.65 Å². The van der Waals surface area contributed by atoms with Crippen molar-refractivity contribution in [2.75, 3.05) is 18.5 Å². The van der Waals surface area contributed by atoms with Crippen LogP contribution in [0, 0.1) is 17.1 Å². The van der Waals surface area contributed by atoms with E-state index in [0.717, 1.165) is 11.3 Å². The standard InChI is InChI=1S/C20H14FN3O2S/c21-15-3-1-13(2-4-15)17-12-27-20(24-17)14(10-22)11-23-16-5-6-18-19(9-16)26-8-7-25-18/h1-6,9,11-12,23H,7-8H2. The summed E-state index contributed by atoms with van der Waals surface area (Å²) >= 11 is 1.36. The Hall–Kier alpha value is -3.37. The average Bonchev–Trinajstić information content (AvgIpc) is 3.19. The number of nitriles is 1. The molecule has 134 valence electrons. The van der Waals surface area contributed by atoms with Gasteiger partial charge in [0.1, 0.15) is 35.7 Å². The Labute approximate surface area is 159 Å². The second-order valence-electron chi connectivity index (χ2n) is 5.72. The monoisotopic (exact) mass is 379 g/mol. The first-order valence-electron chi connectivity index (χ1n) is 8.21. The highest BCUT2D eigenvalue weighted by Crippen LogP contribution is 2.33. The molecule has 0 unspecified atom stereocenters. The van der Waals surface area contributed by atoms with Crippen molar-refractivity contribution in [3.8, 4) is 28.8 Å². The highest BCUT2D eigenvalue weighted by atomic mass is 32.1. The molecule has 2 heterocycles. The van der Waals surface area contributed by atoms with Crippen LogP contribution in [0.2, 0.25) is 0 Å². The van der Waals surface area contributed by atoms with E-state index in [1.54, 1.807) is 18.3 Å². The maximum Gasteiger partial charge on any atom is 0.163 e. The van der Waals surface area contributed by atoms with Crippen molar-refractivity contribution in [3.05, 3.63) is 64.9 Å². The maximum absolute atomic E-state index is 13.1. The van der Waals surface area contributed by atoms with Gasteiger partial charge >= 0.3 is 0 Å². The molecule has 0 atom stereocenters. The molecule has 5 nitrogen and oxygen atoms in total. The molecule has 7 heteroatoms. The van der Waals surface area contributed by atoms with Crippen LogP contribution in [0.5, 0.6) is 11.5 Å². The first kappa shape index (κ1) is 17.1. The molecule has 0 amide bonds. The zero-order valence-corrected chi connectivity index (χ0v) is 14.9. The number of aromatic nitrogens is 1. The van der Waals surface area contributed by atoms with Crippen LogP contribution in [0.3, 0.4) is 0 Å². The molecule has 0 bridgehead atoms. The van der Waals surface area contributed by atoms with Crippen molar-refractivity contribution < 1.29 is 13.9 Å². The molecular weight excluding hydrogens is 365 g/mol. The third-order valence-corrected chi connectivity index (χ3v) is 4.80. The van der Waals surface area contributed by atoms with Crippen molar-refractivity contribution in [1.29, 1.82) is 5.26 Å². The number of nitrogens with zero attached hydrogens (tertiary/aromatic N) is 2. The molecule has 2 aromatic carbocycles. The summed E-state index contributed by atoms with van der Waals surface area (Å²) in [6, 6.07) is 13.8. The summed E-state index contributed by atoms with van der Waals surface area (Å²) in [5, 5.41) is 15.0. The minimum absolute atomic E-state index is 0.296. The molecule has 1 N–H and O–H groups in total. The van der Waals surface area contributed by atoms with Gasteiger partial charge in [0.25, 0.3) is 0 Å². The fraction of sp³-hybridized carbons (Fsp3) is 0.100. The number of halogens is 1. The van der Waals surface area contributed by atoms with Crippen molar-refractivity contribution in [1.82, 2.24) is 4.98 Å². The van der Waals surface area contributed by atoms with Gasteiger partial charge in [-0.2, -0.15) is 5.26 Å². The van der Waals surface area contributed by atoms with Crippen molar-refractivity contribution in [2.24, 2.45) is 0 Å². The SMILES string of the molecule is N#CC(=CNc1ccc2c(c1)OCCO2)c1nc(-c2ccc(F)cc2)cs1. The van der Waals surface area contributed by atoms with E-state index in [2.05, 4.69) is 16.4 Å². The number of nitrogens with one attached hydrogen (secondary N) is 1. The molecule has 1 aromatic heterocycles. The second-order valence-corrected chi connectivity index (χ2v) is 6.58. The number of thiazole rings is 1. The van der Waals surface area contributed by atoms with Crippen LogP contribution >= 0.6 is 11.3 Å². The summed E-state index contributed by atoms with van der Waals surface area (Å²) in [5.74, 6) is 1.08. The van der Waals surface area contributed by atoms with Crippen LogP contribution in [0.15, 0.2) is 54.0 Å². The van der Waals surface area contributed by atoms with Crippen LogP contribution in [0.25, 0.3) is 16.8 Å². The number of anilines is 1.